The van der Waals surface area contributed by atoms with Crippen LogP contribution in [0.25, 0.3) is 6.08 Å². The molecule has 5 nitrogen and oxygen atoms in total. The lowest BCUT2D eigenvalue weighted by atomic mass is 10.1. The zero-order valence-electron chi connectivity index (χ0n) is 15.8. The molecule has 0 spiro atoms. The summed E-state index contributed by atoms with van der Waals surface area (Å²) in [5.41, 5.74) is 1.99. The molecule has 0 atom stereocenters. The van der Waals surface area contributed by atoms with Crippen molar-refractivity contribution in [2.24, 2.45) is 0 Å². The molecule has 2 aromatic rings. The van der Waals surface area contributed by atoms with E-state index in [1.165, 1.54) is 18.9 Å². The number of nitriles is 1. The summed E-state index contributed by atoms with van der Waals surface area (Å²) in [7, 11) is 1.52. The second-order valence-electron chi connectivity index (χ2n) is 6.02. The van der Waals surface area contributed by atoms with E-state index in [1.54, 1.807) is 35.2 Å². The number of carbonyl (C=O) groups is 1. The van der Waals surface area contributed by atoms with Crippen LogP contribution < -0.4 is 9.47 Å². The van der Waals surface area contributed by atoms with E-state index in [0.29, 0.717) is 43.4 Å². The third kappa shape index (κ3) is 4.56. The van der Waals surface area contributed by atoms with Crippen LogP contribution in [-0.2, 0) is 11.4 Å². The Balaban J connectivity index is 1.87. The maximum absolute atomic E-state index is 12.4. The molecule has 2 aromatic carbocycles. The molecule has 0 bridgehead atoms. The van der Waals surface area contributed by atoms with E-state index in [1.807, 2.05) is 19.1 Å². The van der Waals surface area contributed by atoms with Gasteiger partial charge in [-0.1, -0.05) is 53.8 Å². The predicted molar refractivity (Wildman–Crippen MR) is 119 cm³/mol. The van der Waals surface area contributed by atoms with Crippen molar-refractivity contribution in [3.63, 3.8) is 0 Å². The largest absolute Gasteiger partial charge is 0.493 e. The first-order valence-corrected chi connectivity index (χ1v) is 10.3. The number of thiocarbonyl (C=S) groups is 1. The Hall–Kier alpha value is -2.53. The molecule has 8 heteroatoms. The lowest BCUT2D eigenvalue weighted by molar-refractivity contribution is -0.121. The molecule has 0 radical (unpaired) electrons. The molecule has 3 rings (SSSR count). The third-order valence-electron chi connectivity index (χ3n) is 4.25. The number of rotatable bonds is 6. The van der Waals surface area contributed by atoms with Crippen molar-refractivity contribution >= 4 is 51.9 Å². The Labute approximate surface area is 183 Å². The van der Waals surface area contributed by atoms with Crippen molar-refractivity contribution in [2.75, 3.05) is 13.7 Å². The monoisotopic (exact) mass is 444 g/mol. The van der Waals surface area contributed by atoms with Crippen LogP contribution in [0.2, 0.25) is 5.02 Å². The van der Waals surface area contributed by atoms with Gasteiger partial charge in [-0.2, -0.15) is 5.26 Å². The topological polar surface area (TPSA) is 62.6 Å². The van der Waals surface area contributed by atoms with Gasteiger partial charge in [0.15, 0.2) is 11.5 Å². The maximum atomic E-state index is 12.4. The van der Waals surface area contributed by atoms with E-state index in [-0.39, 0.29) is 12.5 Å². The summed E-state index contributed by atoms with van der Waals surface area (Å²) in [5.74, 6) is 0.690. The molecule has 1 aliphatic heterocycles. The average molecular weight is 445 g/mol. The molecule has 0 aliphatic carbocycles. The number of thioether (sulfide) groups is 1. The normalized spacial score (nSPS) is 15.0. The molecule has 1 fully saturated rings. The number of amides is 1. The van der Waals surface area contributed by atoms with Gasteiger partial charge in [-0.25, -0.2) is 0 Å². The fraction of sp³-hybridized carbons (Fsp3) is 0.190. The quantitative estimate of drug-likeness (QED) is 0.460. The second-order valence-corrected chi connectivity index (χ2v) is 8.10. The molecule has 0 N–H and O–H groups in total. The van der Waals surface area contributed by atoms with Crippen molar-refractivity contribution in [1.82, 2.24) is 4.90 Å². The standard InChI is InChI=1S/C21H17ClN2O3S2/c1-3-24-20(25)18(29-21(24)28)10-13-8-16(22)19(17(9-13)26-2)27-12-15-7-5-4-6-14(15)11-23/h4-10H,3,12H2,1-2H3/b18-10-. The number of carbonyl (C=O) groups excluding carboxylic acids is 1. The van der Waals surface area contributed by atoms with E-state index in [2.05, 4.69) is 6.07 Å². The summed E-state index contributed by atoms with van der Waals surface area (Å²) in [4.78, 5) is 14.5. The lowest BCUT2D eigenvalue weighted by Crippen LogP contribution is -2.27. The van der Waals surface area contributed by atoms with Gasteiger partial charge in [0.25, 0.3) is 5.91 Å². The SMILES string of the molecule is CCN1C(=O)/C(=C/c2cc(Cl)c(OCc3ccccc3C#N)c(OC)c2)SC1=S. The first-order valence-electron chi connectivity index (χ1n) is 8.72. The van der Waals surface area contributed by atoms with E-state index in [0.717, 1.165) is 5.56 Å². The number of halogens is 1. The Morgan fingerprint density at radius 1 is 1.34 bits per heavy atom. The molecule has 0 unspecified atom stereocenters. The van der Waals surface area contributed by atoms with Gasteiger partial charge < -0.3 is 9.47 Å². The molecule has 1 aliphatic rings. The van der Waals surface area contributed by atoms with Crippen LogP contribution in [0.3, 0.4) is 0 Å². The molecular weight excluding hydrogens is 428 g/mol. The van der Waals surface area contributed by atoms with Crippen LogP contribution in [0.15, 0.2) is 41.3 Å². The Kier molecular flexibility index (Phi) is 6.80. The minimum Gasteiger partial charge on any atom is -0.493 e. The minimum absolute atomic E-state index is 0.119. The zero-order chi connectivity index (χ0) is 21.0. The Bertz CT molecular complexity index is 1050. The molecule has 29 heavy (non-hydrogen) atoms. The highest BCUT2D eigenvalue weighted by Gasteiger charge is 2.30. The molecule has 148 valence electrons. The van der Waals surface area contributed by atoms with Crippen molar-refractivity contribution in [3.8, 4) is 17.6 Å². The van der Waals surface area contributed by atoms with Crippen LogP contribution in [0, 0.1) is 11.3 Å². The van der Waals surface area contributed by atoms with Crippen LogP contribution in [0.4, 0.5) is 0 Å². The van der Waals surface area contributed by atoms with Gasteiger partial charge in [-0.3, -0.25) is 9.69 Å². The van der Waals surface area contributed by atoms with E-state index >= 15 is 0 Å². The summed E-state index contributed by atoms with van der Waals surface area (Å²) in [6, 6.07) is 12.8. The number of benzene rings is 2. The highest BCUT2D eigenvalue weighted by atomic mass is 35.5. The smallest absolute Gasteiger partial charge is 0.266 e. The number of likely N-dealkylation sites (N-methyl/N-ethyl adjacent to an activating group) is 1. The first-order chi connectivity index (χ1) is 14.0. The van der Waals surface area contributed by atoms with Crippen LogP contribution in [-0.4, -0.2) is 28.8 Å². The fourth-order valence-electron chi connectivity index (χ4n) is 2.79. The lowest BCUT2D eigenvalue weighted by Gasteiger charge is -2.14. The fourth-order valence-corrected chi connectivity index (χ4v) is 4.45. The van der Waals surface area contributed by atoms with Gasteiger partial charge in [-0.05, 0) is 36.8 Å². The third-order valence-corrected chi connectivity index (χ3v) is 5.91. The van der Waals surface area contributed by atoms with Gasteiger partial charge >= 0.3 is 0 Å². The highest BCUT2D eigenvalue weighted by molar-refractivity contribution is 8.26. The van der Waals surface area contributed by atoms with E-state index in [4.69, 9.17) is 33.3 Å². The van der Waals surface area contributed by atoms with Crippen molar-refractivity contribution in [1.29, 1.82) is 5.26 Å². The van der Waals surface area contributed by atoms with Crippen molar-refractivity contribution in [2.45, 2.75) is 13.5 Å². The van der Waals surface area contributed by atoms with E-state index < -0.39 is 0 Å². The molecule has 1 heterocycles. The van der Waals surface area contributed by atoms with Crippen LogP contribution >= 0.6 is 35.6 Å². The summed E-state index contributed by atoms with van der Waals surface area (Å²) >= 11 is 12.9. The summed E-state index contributed by atoms with van der Waals surface area (Å²) in [5, 5.41) is 9.56. The second kappa shape index (κ2) is 9.31. The molecular formula is C21H17ClN2O3S2. The van der Waals surface area contributed by atoms with Gasteiger partial charge in [0, 0.05) is 12.1 Å². The molecule has 1 saturated heterocycles. The van der Waals surface area contributed by atoms with E-state index in [9.17, 15) is 10.1 Å². The molecule has 0 saturated carbocycles. The predicted octanol–water partition coefficient (Wildman–Crippen LogP) is 5.02. The van der Waals surface area contributed by atoms with Crippen molar-refractivity contribution < 1.29 is 14.3 Å². The molecule has 0 aromatic heterocycles. The van der Waals surface area contributed by atoms with Crippen LogP contribution in [0.5, 0.6) is 11.5 Å². The first kappa shape index (κ1) is 21.2. The number of ether oxygens (including phenoxy) is 2. The Morgan fingerprint density at radius 3 is 2.76 bits per heavy atom. The summed E-state index contributed by atoms with van der Waals surface area (Å²) in [6.45, 7) is 2.58. The van der Waals surface area contributed by atoms with Gasteiger partial charge in [0.05, 0.1) is 28.7 Å². The zero-order valence-corrected chi connectivity index (χ0v) is 18.2. The van der Waals surface area contributed by atoms with Crippen LogP contribution in [0.1, 0.15) is 23.6 Å². The number of hydrogen-bond acceptors (Lipinski definition) is 6. The summed E-state index contributed by atoms with van der Waals surface area (Å²) < 4.78 is 11.8. The summed E-state index contributed by atoms with van der Waals surface area (Å²) in [6.07, 6.45) is 1.73. The number of methoxy groups -OCH3 is 1. The maximum Gasteiger partial charge on any atom is 0.266 e. The minimum atomic E-state index is -0.119. The van der Waals surface area contributed by atoms with Gasteiger partial charge in [-0.15, -0.1) is 0 Å². The Morgan fingerprint density at radius 2 is 2.10 bits per heavy atom. The van der Waals surface area contributed by atoms with Gasteiger partial charge in [0.2, 0.25) is 0 Å². The van der Waals surface area contributed by atoms with Gasteiger partial charge in [0.1, 0.15) is 10.9 Å². The number of hydrogen-bond donors (Lipinski definition) is 0. The number of nitrogens with zero attached hydrogens (tertiary/aromatic N) is 2. The average Bonchev–Trinajstić information content (AvgIpc) is 2.99. The molecule has 1 amide bonds. The highest BCUT2D eigenvalue weighted by Crippen LogP contribution is 2.39. The van der Waals surface area contributed by atoms with Crippen molar-refractivity contribution in [3.05, 3.63) is 63.0 Å².